The minimum Gasteiger partial charge on any atom is -0.423 e. The first kappa shape index (κ1) is 13.9. The molecule has 0 aliphatic carbocycles. The van der Waals surface area contributed by atoms with Crippen LogP contribution in [0.3, 0.4) is 0 Å². The van der Waals surface area contributed by atoms with Crippen LogP contribution in [0, 0.1) is 0 Å². The monoisotopic (exact) mass is 287 g/mol. The van der Waals surface area contributed by atoms with Gasteiger partial charge in [0.1, 0.15) is 12.1 Å². The average molecular weight is 287 g/mol. The van der Waals surface area contributed by atoms with Gasteiger partial charge in [-0.1, -0.05) is 26.8 Å². The zero-order chi connectivity index (χ0) is 15.0. The van der Waals surface area contributed by atoms with E-state index in [1.807, 2.05) is 11.0 Å². The summed E-state index contributed by atoms with van der Waals surface area (Å²) in [4.78, 5) is 18.1. The number of hydrogen-bond acceptors (Lipinski definition) is 4. The fourth-order valence-electron chi connectivity index (χ4n) is 2.49. The molecule has 5 nitrogen and oxygen atoms in total. The Hall–Kier alpha value is -2.04. The molecular weight excluding hydrogens is 266 g/mol. The lowest BCUT2D eigenvalue weighted by Gasteiger charge is -2.18. The molecule has 0 bridgehead atoms. The van der Waals surface area contributed by atoms with E-state index < -0.39 is 0 Å². The molecule has 1 amide bonds. The maximum absolute atomic E-state index is 11.6. The molecule has 5 heteroatoms. The Bertz CT molecular complexity index is 670. The van der Waals surface area contributed by atoms with E-state index in [0.29, 0.717) is 19.1 Å². The molecule has 1 aliphatic rings. The van der Waals surface area contributed by atoms with Gasteiger partial charge in [-0.3, -0.25) is 4.79 Å². The number of hydrogen-bond donors (Lipinski definition) is 1. The third-order valence-corrected chi connectivity index (χ3v) is 3.77. The second-order valence-electron chi connectivity index (χ2n) is 6.55. The largest absolute Gasteiger partial charge is 0.423 e. The van der Waals surface area contributed by atoms with Crippen LogP contribution in [0.5, 0.6) is 0 Å². The summed E-state index contributed by atoms with van der Waals surface area (Å²) in [6, 6.07) is 6.64. The van der Waals surface area contributed by atoms with Crippen LogP contribution in [0.4, 0.5) is 6.01 Å². The van der Waals surface area contributed by atoms with Gasteiger partial charge in [-0.25, -0.2) is 0 Å². The van der Waals surface area contributed by atoms with Crippen LogP contribution in [0.2, 0.25) is 0 Å². The van der Waals surface area contributed by atoms with Crippen molar-refractivity contribution in [2.45, 2.75) is 32.6 Å². The summed E-state index contributed by atoms with van der Waals surface area (Å²) in [5, 5.41) is 2.86. The van der Waals surface area contributed by atoms with Gasteiger partial charge in [0.2, 0.25) is 5.91 Å². The zero-order valence-corrected chi connectivity index (χ0v) is 12.8. The highest BCUT2D eigenvalue weighted by Crippen LogP contribution is 2.28. The van der Waals surface area contributed by atoms with Crippen molar-refractivity contribution in [2.75, 3.05) is 24.5 Å². The van der Waals surface area contributed by atoms with Gasteiger partial charge in [-0.05, 0) is 29.5 Å². The zero-order valence-electron chi connectivity index (χ0n) is 12.8. The molecule has 21 heavy (non-hydrogen) atoms. The number of benzene rings is 1. The molecule has 1 aromatic carbocycles. The van der Waals surface area contributed by atoms with Crippen molar-refractivity contribution >= 4 is 23.0 Å². The van der Waals surface area contributed by atoms with Gasteiger partial charge >= 0.3 is 0 Å². The quantitative estimate of drug-likeness (QED) is 0.875. The number of rotatable bonds is 1. The van der Waals surface area contributed by atoms with Gasteiger partial charge in [-0.2, -0.15) is 4.98 Å². The lowest BCUT2D eigenvalue weighted by atomic mass is 9.87. The molecule has 0 radical (unpaired) electrons. The predicted octanol–water partition coefficient (Wildman–Crippen LogP) is 2.45. The lowest BCUT2D eigenvalue weighted by Crippen LogP contribution is -2.33. The summed E-state index contributed by atoms with van der Waals surface area (Å²) in [6.45, 7) is 8.32. The number of carbonyl (C=O) groups is 1. The molecule has 1 aromatic heterocycles. The van der Waals surface area contributed by atoms with Crippen LogP contribution in [-0.2, 0) is 10.2 Å². The Kier molecular flexibility index (Phi) is 3.35. The number of fused-ring (bicyclic) bond motifs is 1. The average Bonchev–Trinajstić information content (AvgIpc) is 2.72. The number of anilines is 1. The molecule has 0 saturated carbocycles. The molecule has 112 valence electrons. The molecule has 1 N–H and O–H groups in total. The second-order valence-corrected chi connectivity index (χ2v) is 6.55. The van der Waals surface area contributed by atoms with E-state index in [-0.39, 0.29) is 11.3 Å². The van der Waals surface area contributed by atoms with Gasteiger partial charge < -0.3 is 14.6 Å². The van der Waals surface area contributed by atoms with Crippen LogP contribution in [0.1, 0.15) is 32.8 Å². The molecule has 2 heterocycles. The summed E-state index contributed by atoms with van der Waals surface area (Å²) in [5.74, 6) is 0.0186. The number of carbonyl (C=O) groups excluding carboxylic acids is 1. The molecule has 3 rings (SSSR count). The van der Waals surface area contributed by atoms with Crippen molar-refractivity contribution in [2.24, 2.45) is 0 Å². The Morgan fingerprint density at radius 3 is 2.90 bits per heavy atom. The fourth-order valence-corrected chi connectivity index (χ4v) is 2.49. The summed E-state index contributed by atoms with van der Waals surface area (Å²) in [5.41, 5.74) is 2.92. The van der Waals surface area contributed by atoms with Crippen molar-refractivity contribution in [1.29, 1.82) is 0 Å². The van der Waals surface area contributed by atoms with Crippen LogP contribution in [-0.4, -0.2) is 30.5 Å². The number of nitrogens with one attached hydrogen (secondary N) is 1. The topological polar surface area (TPSA) is 58.4 Å². The molecule has 1 fully saturated rings. The third-order valence-electron chi connectivity index (χ3n) is 3.77. The molecule has 0 atom stereocenters. The summed E-state index contributed by atoms with van der Waals surface area (Å²) in [7, 11) is 0. The third kappa shape index (κ3) is 2.86. The van der Waals surface area contributed by atoms with Crippen molar-refractivity contribution in [3.8, 4) is 0 Å². The normalized spacial score (nSPS) is 16.9. The summed E-state index contributed by atoms with van der Waals surface area (Å²) < 4.78 is 5.81. The molecule has 1 saturated heterocycles. The highest BCUT2D eigenvalue weighted by atomic mass is 16.4. The van der Waals surface area contributed by atoms with E-state index in [1.165, 1.54) is 5.56 Å². The number of nitrogens with zero attached hydrogens (tertiary/aromatic N) is 2. The van der Waals surface area contributed by atoms with Crippen LogP contribution >= 0.6 is 0 Å². The number of oxazole rings is 1. The standard InChI is InChI=1S/C16H21N3O2/c1-16(2,3)11-5-6-13-12(9-11)18-15(21-13)19-8-4-7-17-14(20)10-19/h5-6,9H,4,7-8,10H2,1-3H3,(H,17,20). The molecule has 0 spiro atoms. The van der Waals surface area contributed by atoms with E-state index >= 15 is 0 Å². The first-order valence-corrected chi connectivity index (χ1v) is 7.36. The predicted molar refractivity (Wildman–Crippen MR) is 82.5 cm³/mol. The van der Waals surface area contributed by atoms with E-state index in [9.17, 15) is 4.79 Å². The smallest absolute Gasteiger partial charge is 0.298 e. The number of aromatic nitrogens is 1. The van der Waals surface area contributed by atoms with E-state index in [4.69, 9.17) is 4.42 Å². The summed E-state index contributed by atoms with van der Waals surface area (Å²) >= 11 is 0. The fraction of sp³-hybridized carbons (Fsp3) is 0.500. The van der Waals surface area contributed by atoms with Crippen molar-refractivity contribution in [3.63, 3.8) is 0 Å². The van der Waals surface area contributed by atoms with Crippen LogP contribution in [0.25, 0.3) is 11.1 Å². The first-order chi connectivity index (χ1) is 9.93. The highest BCUT2D eigenvalue weighted by Gasteiger charge is 2.21. The molecular formula is C16H21N3O2. The molecule has 0 unspecified atom stereocenters. The highest BCUT2D eigenvalue weighted by molar-refractivity contribution is 5.82. The Morgan fingerprint density at radius 2 is 2.14 bits per heavy atom. The van der Waals surface area contributed by atoms with Crippen molar-refractivity contribution in [3.05, 3.63) is 23.8 Å². The van der Waals surface area contributed by atoms with Gasteiger partial charge in [0.25, 0.3) is 6.01 Å². The van der Waals surface area contributed by atoms with Crippen LogP contribution < -0.4 is 10.2 Å². The first-order valence-electron chi connectivity index (χ1n) is 7.36. The second kappa shape index (κ2) is 5.06. The van der Waals surface area contributed by atoms with Gasteiger partial charge in [0.15, 0.2) is 5.58 Å². The van der Waals surface area contributed by atoms with E-state index in [1.54, 1.807) is 0 Å². The van der Waals surface area contributed by atoms with Gasteiger partial charge in [-0.15, -0.1) is 0 Å². The lowest BCUT2D eigenvalue weighted by molar-refractivity contribution is -0.119. The molecule has 1 aliphatic heterocycles. The maximum atomic E-state index is 11.6. The Labute approximate surface area is 124 Å². The number of amides is 1. The maximum Gasteiger partial charge on any atom is 0.298 e. The van der Waals surface area contributed by atoms with E-state index in [0.717, 1.165) is 24.1 Å². The minimum atomic E-state index is 0.0186. The Morgan fingerprint density at radius 1 is 1.33 bits per heavy atom. The molecule has 2 aromatic rings. The minimum absolute atomic E-state index is 0.0186. The van der Waals surface area contributed by atoms with Crippen molar-refractivity contribution in [1.82, 2.24) is 10.3 Å². The van der Waals surface area contributed by atoms with Gasteiger partial charge in [0, 0.05) is 13.1 Å². The van der Waals surface area contributed by atoms with Crippen molar-refractivity contribution < 1.29 is 9.21 Å². The Balaban J connectivity index is 1.95. The van der Waals surface area contributed by atoms with E-state index in [2.05, 4.69) is 43.2 Å². The summed E-state index contributed by atoms with van der Waals surface area (Å²) in [6.07, 6.45) is 0.901. The van der Waals surface area contributed by atoms with Crippen LogP contribution in [0.15, 0.2) is 22.6 Å². The van der Waals surface area contributed by atoms with Gasteiger partial charge in [0.05, 0.1) is 0 Å². The SMILES string of the molecule is CC(C)(C)c1ccc2oc(N3CCCNC(=O)C3)nc2c1.